The number of phenols is 1. The van der Waals surface area contributed by atoms with Crippen LogP contribution in [-0.4, -0.2) is 57.9 Å². The third kappa shape index (κ3) is 5.03. The third-order valence-corrected chi connectivity index (χ3v) is 10.9. The fourth-order valence-corrected chi connectivity index (χ4v) is 8.96. The van der Waals surface area contributed by atoms with Crippen molar-refractivity contribution >= 4 is 46.9 Å². The highest BCUT2D eigenvalue weighted by Gasteiger charge is 2.70. The minimum atomic E-state index is -1.46. The van der Waals surface area contributed by atoms with Crippen molar-refractivity contribution in [2.45, 2.75) is 43.9 Å². The van der Waals surface area contributed by atoms with Gasteiger partial charge in [-0.05, 0) is 73.6 Å². The van der Waals surface area contributed by atoms with Gasteiger partial charge in [-0.15, -0.1) is 0 Å². The zero-order valence-electron chi connectivity index (χ0n) is 26.8. The van der Waals surface area contributed by atoms with Gasteiger partial charge in [0, 0.05) is 23.9 Å². The van der Waals surface area contributed by atoms with E-state index in [9.17, 15) is 24.3 Å². The van der Waals surface area contributed by atoms with E-state index in [2.05, 4.69) is 0 Å². The molecule has 2 saturated heterocycles. The highest BCUT2D eigenvalue weighted by atomic mass is 35.5. The molecule has 11 heteroatoms. The number of ether oxygens (including phenoxy) is 1. The number of nitrogens with zero attached hydrogens (tertiary/aromatic N) is 2. The van der Waals surface area contributed by atoms with E-state index in [0.29, 0.717) is 21.8 Å². The summed E-state index contributed by atoms with van der Waals surface area (Å²) in [5, 5.41) is 20.2. The van der Waals surface area contributed by atoms with Gasteiger partial charge >= 0.3 is 5.97 Å². The summed E-state index contributed by atoms with van der Waals surface area (Å²) < 4.78 is 5.78. The number of hydrogen-bond donors (Lipinski definition) is 2. The average molecular weight is 683 g/mol. The zero-order valence-corrected chi connectivity index (χ0v) is 27.5. The molecule has 3 fully saturated rings. The smallest absolute Gasteiger partial charge is 0.303 e. The number of amides is 4. The normalized spacial score (nSPS) is 27.5. The van der Waals surface area contributed by atoms with Crippen LogP contribution in [0, 0.1) is 23.7 Å². The molecule has 0 bridgehead atoms. The monoisotopic (exact) mass is 682 g/mol. The number of aliphatic carboxylic acids is 1. The standard InChI is InChI=1S/C38H35ClN2O8/c1-2-49-30-18-21(13-16-29(30)42)33-25-14-15-26-32(36(47)40(34(26)45)17-7-12-31(43)44)27(25)20-28-35(46)41(24-11-6-10-23(39)19-24)37(48)38(28,33)22-8-4-3-5-9-22/h3-6,8-11,13-14,16,18-19,26-28,32-33,42H,2,7,12,15,17,20H2,1H3,(H,43,44). The van der Waals surface area contributed by atoms with Gasteiger partial charge in [-0.25, -0.2) is 4.90 Å². The van der Waals surface area contributed by atoms with Crippen LogP contribution in [0.1, 0.15) is 49.7 Å². The predicted octanol–water partition coefficient (Wildman–Crippen LogP) is 5.47. The van der Waals surface area contributed by atoms with Gasteiger partial charge in [-0.3, -0.25) is 28.9 Å². The van der Waals surface area contributed by atoms with Gasteiger partial charge in [0.25, 0.3) is 0 Å². The Hall–Kier alpha value is -4.96. The van der Waals surface area contributed by atoms with Crippen LogP contribution >= 0.6 is 11.6 Å². The number of fused-ring (bicyclic) bond motifs is 4. The molecule has 2 aliphatic carbocycles. The van der Waals surface area contributed by atoms with Crippen LogP contribution in [0.3, 0.4) is 0 Å². The van der Waals surface area contributed by atoms with Crippen LogP contribution in [0.25, 0.3) is 0 Å². The van der Waals surface area contributed by atoms with Crippen LogP contribution < -0.4 is 9.64 Å². The SMILES string of the molecule is CCOc1cc(C2C3=CCC4C(=O)N(CCCC(=O)O)C(=O)C4C3CC3C(=O)N(c4cccc(Cl)c4)C(=O)C32c2ccccc2)ccc1O. The minimum absolute atomic E-state index is 0.00449. The number of phenolic OH excluding ortho intramolecular Hbond substituents is 1. The maximum atomic E-state index is 15.3. The molecule has 3 aromatic rings. The van der Waals surface area contributed by atoms with Crippen molar-refractivity contribution in [1.82, 2.24) is 4.90 Å². The first-order chi connectivity index (χ1) is 23.6. The van der Waals surface area contributed by atoms with Gasteiger partial charge in [0.1, 0.15) is 0 Å². The Morgan fingerprint density at radius 3 is 2.45 bits per heavy atom. The second-order valence-electron chi connectivity index (χ2n) is 13.1. The first-order valence-electron chi connectivity index (χ1n) is 16.5. The Balaban J connectivity index is 1.44. The molecule has 4 amide bonds. The highest BCUT2D eigenvalue weighted by molar-refractivity contribution is 6.32. The van der Waals surface area contributed by atoms with Crippen LogP contribution in [0.2, 0.25) is 5.02 Å². The average Bonchev–Trinajstić information content (AvgIpc) is 3.46. The van der Waals surface area contributed by atoms with Crippen LogP contribution in [0.4, 0.5) is 5.69 Å². The number of carboxylic acids is 1. The van der Waals surface area contributed by atoms with Gasteiger partial charge in [-0.2, -0.15) is 0 Å². The molecule has 0 radical (unpaired) electrons. The maximum absolute atomic E-state index is 15.3. The molecule has 4 aliphatic rings. The lowest BCUT2D eigenvalue weighted by Gasteiger charge is -2.50. The van der Waals surface area contributed by atoms with E-state index in [1.165, 1.54) is 15.9 Å². The number of allylic oxidation sites excluding steroid dienone is 2. The van der Waals surface area contributed by atoms with E-state index in [1.54, 1.807) is 43.3 Å². The van der Waals surface area contributed by atoms with Crippen LogP contribution in [0.15, 0.2) is 84.4 Å². The first kappa shape index (κ1) is 32.6. The molecule has 2 N–H and O–H groups in total. The Kier molecular flexibility index (Phi) is 8.30. The number of aromatic hydroxyl groups is 1. The van der Waals surface area contributed by atoms with Crippen LogP contribution in [-0.2, 0) is 29.4 Å². The van der Waals surface area contributed by atoms with Crippen molar-refractivity contribution in [3.63, 3.8) is 0 Å². The second-order valence-corrected chi connectivity index (χ2v) is 13.5. The summed E-state index contributed by atoms with van der Waals surface area (Å²) in [6.45, 7) is 2.06. The molecule has 10 nitrogen and oxygen atoms in total. The number of benzene rings is 3. The number of hydrogen-bond acceptors (Lipinski definition) is 7. The van der Waals surface area contributed by atoms with Crippen molar-refractivity contribution in [3.8, 4) is 11.5 Å². The minimum Gasteiger partial charge on any atom is -0.504 e. The van der Waals surface area contributed by atoms with Crippen molar-refractivity contribution in [2.24, 2.45) is 23.7 Å². The summed E-state index contributed by atoms with van der Waals surface area (Å²) in [7, 11) is 0. The summed E-state index contributed by atoms with van der Waals surface area (Å²) in [4.78, 5) is 71.4. The second kappa shape index (κ2) is 12.5. The van der Waals surface area contributed by atoms with Crippen molar-refractivity contribution in [3.05, 3.63) is 101 Å². The van der Waals surface area contributed by atoms with Crippen LogP contribution in [0.5, 0.6) is 11.5 Å². The first-order valence-corrected chi connectivity index (χ1v) is 16.9. The highest BCUT2D eigenvalue weighted by Crippen LogP contribution is 2.64. The molecule has 6 atom stereocenters. The van der Waals surface area contributed by atoms with E-state index in [1.807, 2.05) is 36.4 Å². The molecule has 0 spiro atoms. The van der Waals surface area contributed by atoms with E-state index in [4.69, 9.17) is 21.4 Å². The Bertz CT molecular complexity index is 1910. The summed E-state index contributed by atoms with van der Waals surface area (Å²) in [6, 6.07) is 20.7. The Labute approximate surface area is 287 Å². The quantitative estimate of drug-likeness (QED) is 0.224. The lowest BCUT2D eigenvalue weighted by Crippen LogP contribution is -2.53. The predicted molar refractivity (Wildman–Crippen MR) is 179 cm³/mol. The summed E-state index contributed by atoms with van der Waals surface area (Å²) >= 11 is 6.36. The zero-order chi connectivity index (χ0) is 34.6. The number of anilines is 1. The van der Waals surface area contributed by atoms with Crippen molar-refractivity contribution in [2.75, 3.05) is 18.1 Å². The molecule has 2 aliphatic heterocycles. The molecular weight excluding hydrogens is 648 g/mol. The molecule has 252 valence electrons. The molecule has 3 aromatic carbocycles. The van der Waals surface area contributed by atoms with Gasteiger partial charge in [-0.1, -0.05) is 65.7 Å². The third-order valence-electron chi connectivity index (χ3n) is 10.6. The van der Waals surface area contributed by atoms with Crippen molar-refractivity contribution < 1.29 is 38.9 Å². The number of carboxylic acid groups (broad SMARTS) is 1. The number of carbonyl (C=O) groups is 5. The fraction of sp³-hybridized carbons (Fsp3) is 0.342. The van der Waals surface area contributed by atoms with Gasteiger partial charge < -0.3 is 14.9 Å². The van der Waals surface area contributed by atoms with E-state index in [0.717, 1.165) is 5.57 Å². The van der Waals surface area contributed by atoms with E-state index < -0.39 is 52.8 Å². The molecule has 1 saturated carbocycles. The van der Waals surface area contributed by atoms with E-state index >= 15 is 4.79 Å². The Morgan fingerprint density at radius 1 is 0.959 bits per heavy atom. The summed E-state index contributed by atoms with van der Waals surface area (Å²) in [5.74, 6) is -6.17. The maximum Gasteiger partial charge on any atom is 0.303 e. The number of imide groups is 2. The molecule has 6 unspecified atom stereocenters. The number of halogens is 1. The lowest BCUT2D eigenvalue weighted by atomic mass is 9.49. The molecule has 2 heterocycles. The molecular formula is C38H35ClN2O8. The summed E-state index contributed by atoms with van der Waals surface area (Å²) in [5.41, 5.74) is 0.900. The fourth-order valence-electron chi connectivity index (χ4n) is 8.77. The molecule has 49 heavy (non-hydrogen) atoms. The largest absolute Gasteiger partial charge is 0.504 e. The molecule has 0 aromatic heterocycles. The van der Waals surface area contributed by atoms with Crippen molar-refractivity contribution in [1.29, 1.82) is 0 Å². The number of carbonyl (C=O) groups excluding carboxylic acids is 4. The Morgan fingerprint density at radius 2 is 1.73 bits per heavy atom. The lowest BCUT2D eigenvalue weighted by molar-refractivity contribution is -0.142. The van der Waals surface area contributed by atoms with Gasteiger partial charge in [0.2, 0.25) is 23.6 Å². The number of rotatable bonds is 9. The topological polar surface area (TPSA) is 142 Å². The number of likely N-dealkylation sites (tertiary alicyclic amines) is 1. The van der Waals surface area contributed by atoms with Gasteiger partial charge in [0.05, 0.1) is 35.5 Å². The van der Waals surface area contributed by atoms with E-state index in [-0.39, 0.29) is 62.1 Å². The van der Waals surface area contributed by atoms with Gasteiger partial charge in [0.15, 0.2) is 11.5 Å². The summed E-state index contributed by atoms with van der Waals surface area (Å²) in [6.07, 6.45) is 2.30. The molecule has 7 rings (SSSR count).